The largest absolute Gasteiger partial charge is 0.465 e. The first kappa shape index (κ1) is 19.4. The fraction of sp³-hybridized carbons (Fsp3) is 0.118. The molecule has 0 aromatic heterocycles. The molecule has 2 N–H and O–H groups in total. The summed E-state index contributed by atoms with van der Waals surface area (Å²) in [5.41, 5.74) is 4.12. The quantitative estimate of drug-likeness (QED) is 0.460. The van der Waals surface area contributed by atoms with Crippen molar-refractivity contribution in [2.45, 2.75) is 0 Å². The SMILES string of the molecule is COC(=O)C1=C(C(=O)OC)N(c2ccc(C(N)=O)c([N+](=O)[O-])c2)C=CC=C1. The van der Waals surface area contributed by atoms with Gasteiger partial charge in [0.1, 0.15) is 11.3 Å². The molecule has 140 valence electrons. The molecule has 0 saturated carbocycles. The molecule has 0 spiro atoms. The molecule has 27 heavy (non-hydrogen) atoms. The highest BCUT2D eigenvalue weighted by Gasteiger charge is 2.29. The van der Waals surface area contributed by atoms with Gasteiger partial charge in [-0.2, -0.15) is 0 Å². The van der Waals surface area contributed by atoms with Crippen molar-refractivity contribution in [1.82, 2.24) is 0 Å². The van der Waals surface area contributed by atoms with E-state index in [9.17, 15) is 24.5 Å². The van der Waals surface area contributed by atoms with Crippen LogP contribution in [0, 0.1) is 10.1 Å². The molecule has 1 aliphatic heterocycles. The van der Waals surface area contributed by atoms with Crippen LogP contribution in [0.25, 0.3) is 0 Å². The number of carbonyl (C=O) groups excluding carboxylic acids is 3. The number of ether oxygens (including phenoxy) is 2. The van der Waals surface area contributed by atoms with Crippen LogP contribution in [0.4, 0.5) is 11.4 Å². The van der Waals surface area contributed by atoms with E-state index < -0.39 is 28.5 Å². The number of benzene rings is 1. The zero-order valence-electron chi connectivity index (χ0n) is 14.4. The maximum atomic E-state index is 12.3. The van der Waals surface area contributed by atoms with Crippen LogP contribution in [-0.2, 0) is 19.1 Å². The zero-order valence-corrected chi connectivity index (χ0v) is 14.4. The topological polar surface area (TPSA) is 142 Å². The number of anilines is 1. The molecule has 1 aromatic carbocycles. The predicted molar refractivity (Wildman–Crippen MR) is 93.4 cm³/mol. The van der Waals surface area contributed by atoms with E-state index in [0.29, 0.717) is 0 Å². The minimum atomic E-state index is -0.972. The summed E-state index contributed by atoms with van der Waals surface area (Å²) in [7, 11) is 2.27. The van der Waals surface area contributed by atoms with Crippen LogP contribution in [0.1, 0.15) is 10.4 Å². The van der Waals surface area contributed by atoms with Crippen molar-refractivity contribution in [2.24, 2.45) is 5.73 Å². The highest BCUT2D eigenvalue weighted by molar-refractivity contribution is 6.05. The number of nitrogens with zero attached hydrogens (tertiary/aromatic N) is 2. The lowest BCUT2D eigenvalue weighted by molar-refractivity contribution is -0.385. The number of allylic oxidation sites excluding steroid dienone is 2. The Labute approximate surface area is 153 Å². The van der Waals surface area contributed by atoms with Gasteiger partial charge in [0, 0.05) is 12.3 Å². The first-order chi connectivity index (χ1) is 12.8. The number of methoxy groups -OCH3 is 2. The molecule has 2 rings (SSSR count). The van der Waals surface area contributed by atoms with Crippen molar-refractivity contribution in [3.05, 3.63) is 69.6 Å². The second-order valence-corrected chi connectivity index (χ2v) is 5.14. The lowest BCUT2D eigenvalue weighted by Gasteiger charge is -2.23. The Morgan fingerprint density at radius 1 is 1.11 bits per heavy atom. The summed E-state index contributed by atoms with van der Waals surface area (Å²) in [6, 6.07) is 3.57. The zero-order chi connectivity index (χ0) is 20.1. The number of nitro benzene ring substituents is 1. The fourth-order valence-electron chi connectivity index (χ4n) is 2.39. The van der Waals surface area contributed by atoms with E-state index in [0.717, 1.165) is 26.4 Å². The van der Waals surface area contributed by atoms with Gasteiger partial charge in [0.05, 0.1) is 30.4 Å². The van der Waals surface area contributed by atoms with Gasteiger partial charge in [-0.15, -0.1) is 0 Å². The molecule has 0 atom stereocenters. The van der Waals surface area contributed by atoms with Crippen LogP contribution < -0.4 is 10.6 Å². The van der Waals surface area contributed by atoms with Crippen molar-refractivity contribution < 1.29 is 28.8 Å². The third-order valence-electron chi connectivity index (χ3n) is 3.61. The first-order valence-electron chi connectivity index (χ1n) is 7.45. The molecular weight excluding hydrogens is 358 g/mol. The third kappa shape index (κ3) is 3.84. The summed E-state index contributed by atoms with van der Waals surface area (Å²) >= 11 is 0. The molecule has 1 amide bonds. The second-order valence-electron chi connectivity index (χ2n) is 5.14. The predicted octanol–water partition coefficient (Wildman–Crippen LogP) is 1.18. The van der Waals surface area contributed by atoms with Crippen LogP contribution in [0.15, 0.2) is 53.9 Å². The van der Waals surface area contributed by atoms with Gasteiger partial charge in [0.15, 0.2) is 0 Å². The molecule has 0 fully saturated rings. The molecular formula is C17H15N3O7. The van der Waals surface area contributed by atoms with E-state index in [4.69, 9.17) is 10.5 Å². The van der Waals surface area contributed by atoms with Crippen molar-refractivity contribution in [2.75, 3.05) is 19.1 Å². The van der Waals surface area contributed by atoms with Gasteiger partial charge >= 0.3 is 11.9 Å². The molecule has 1 aromatic rings. The van der Waals surface area contributed by atoms with Gasteiger partial charge in [-0.05, 0) is 24.3 Å². The Hall–Kier alpha value is -3.95. The van der Waals surface area contributed by atoms with Crippen LogP contribution >= 0.6 is 0 Å². The fourth-order valence-corrected chi connectivity index (χ4v) is 2.39. The van der Waals surface area contributed by atoms with E-state index in [1.165, 1.54) is 35.4 Å². The lowest BCUT2D eigenvalue weighted by atomic mass is 10.1. The highest BCUT2D eigenvalue weighted by atomic mass is 16.6. The van der Waals surface area contributed by atoms with Crippen LogP contribution in [0.3, 0.4) is 0 Å². The summed E-state index contributed by atoms with van der Waals surface area (Å²) < 4.78 is 9.43. The Balaban J connectivity index is 2.72. The molecule has 0 saturated heterocycles. The first-order valence-corrected chi connectivity index (χ1v) is 7.45. The average Bonchev–Trinajstić information content (AvgIpc) is 2.88. The van der Waals surface area contributed by atoms with Crippen LogP contribution in [-0.4, -0.2) is 37.0 Å². The van der Waals surface area contributed by atoms with Crippen molar-refractivity contribution >= 4 is 29.2 Å². The number of hydrogen-bond donors (Lipinski definition) is 1. The normalized spacial score (nSPS) is 13.2. The van der Waals surface area contributed by atoms with Gasteiger partial charge in [-0.3, -0.25) is 14.9 Å². The summed E-state index contributed by atoms with van der Waals surface area (Å²) in [4.78, 5) is 47.5. The number of nitro groups is 1. The number of nitrogens with two attached hydrogens (primary N) is 1. The summed E-state index contributed by atoms with van der Waals surface area (Å²) in [5.74, 6) is -2.64. The molecule has 10 heteroatoms. The summed E-state index contributed by atoms with van der Waals surface area (Å²) in [6.45, 7) is 0. The monoisotopic (exact) mass is 373 g/mol. The van der Waals surface area contributed by atoms with Crippen LogP contribution in [0.2, 0.25) is 0 Å². The third-order valence-corrected chi connectivity index (χ3v) is 3.61. The Kier molecular flexibility index (Phi) is 5.71. The van der Waals surface area contributed by atoms with Gasteiger partial charge < -0.3 is 20.1 Å². The molecule has 0 unspecified atom stereocenters. The van der Waals surface area contributed by atoms with E-state index in [2.05, 4.69) is 4.74 Å². The minimum Gasteiger partial charge on any atom is -0.465 e. The van der Waals surface area contributed by atoms with Crippen LogP contribution in [0.5, 0.6) is 0 Å². The van der Waals surface area contributed by atoms with Crippen molar-refractivity contribution in [3.8, 4) is 0 Å². The maximum Gasteiger partial charge on any atom is 0.355 e. The van der Waals surface area contributed by atoms with Gasteiger partial charge in [-0.25, -0.2) is 9.59 Å². The molecule has 1 heterocycles. The molecule has 0 bridgehead atoms. The van der Waals surface area contributed by atoms with Gasteiger partial charge in [-0.1, -0.05) is 6.08 Å². The van der Waals surface area contributed by atoms with Gasteiger partial charge in [0.2, 0.25) is 0 Å². The Morgan fingerprint density at radius 2 is 1.78 bits per heavy atom. The van der Waals surface area contributed by atoms with E-state index in [1.807, 2.05) is 0 Å². The number of amides is 1. The summed E-state index contributed by atoms with van der Waals surface area (Å²) in [6.07, 6.45) is 5.75. The summed E-state index contributed by atoms with van der Waals surface area (Å²) in [5, 5.41) is 11.3. The van der Waals surface area contributed by atoms with E-state index >= 15 is 0 Å². The molecule has 10 nitrogen and oxygen atoms in total. The van der Waals surface area contributed by atoms with Crippen molar-refractivity contribution in [1.29, 1.82) is 0 Å². The lowest BCUT2D eigenvalue weighted by Crippen LogP contribution is -2.27. The molecule has 0 radical (unpaired) electrons. The van der Waals surface area contributed by atoms with Crippen molar-refractivity contribution in [3.63, 3.8) is 0 Å². The number of hydrogen-bond acceptors (Lipinski definition) is 8. The number of primary amides is 1. The minimum absolute atomic E-state index is 0.115. The number of carbonyl (C=O) groups is 3. The van der Waals surface area contributed by atoms with E-state index in [-0.39, 0.29) is 22.5 Å². The number of rotatable bonds is 5. The van der Waals surface area contributed by atoms with Gasteiger partial charge in [0.25, 0.3) is 11.6 Å². The molecule has 0 aliphatic carbocycles. The smallest absolute Gasteiger partial charge is 0.355 e. The second kappa shape index (κ2) is 7.95. The average molecular weight is 373 g/mol. The number of esters is 2. The standard InChI is InChI=1S/C17H15N3O7/c1-26-16(22)12-5-3-4-8-19(14(12)17(23)27-2)10-6-7-11(15(18)21)13(9-10)20(24)25/h3-9H,1-2H3,(H2,18,21). The van der Waals surface area contributed by atoms with E-state index in [1.54, 1.807) is 0 Å². The maximum absolute atomic E-state index is 12.3. The molecule has 1 aliphatic rings. The highest BCUT2D eigenvalue weighted by Crippen LogP contribution is 2.30. The Morgan fingerprint density at radius 3 is 2.33 bits per heavy atom. The Bertz CT molecular complexity index is 915.